The van der Waals surface area contributed by atoms with Gasteiger partial charge in [-0.15, -0.1) is 0 Å². The molecule has 0 atom stereocenters. The fourth-order valence-corrected chi connectivity index (χ4v) is 3.16. The number of anilines is 1. The Hall–Kier alpha value is -1.82. The van der Waals surface area contributed by atoms with Gasteiger partial charge in [0.2, 0.25) is 0 Å². The van der Waals surface area contributed by atoms with Gasteiger partial charge in [-0.05, 0) is 50.4 Å². The number of carbonyl (C=O) groups excluding carboxylic acids is 1. The maximum Gasteiger partial charge on any atom is 0.315 e. The highest BCUT2D eigenvalue weighted by Crippen LogP contribution is 2.25. The van der Waals surface area contributed by atoms with Crippen LogP contribution in [0.2, 0.25) is 0 Å². The van der Waals surface area contributed by atoms with E-state index >= 15 is 0 Å². The van der Waals surface area contributed by atoms with Crippen molar-refractivity contribution >= 4 is 11.8 Å². The molecule has 2 N–H and O–H groups in total. The number of hydrogen-bond acceptors (Lipinski definition) is 4. The van der Waals surface area contributed by atoms with E-state index in [0.29, 0.717) is 12.5 Å². The van der Waals surface area contributed by atoms with Crippen LogP contribution in [0.3, 0.4) is 0 Å². The molecule has 1 saturated carbocycles. The Balaban J connectivity index is 1.43. The van der Waals surface area contributed by atoms with E-state index in [1.807, 2.05) is 6.20 Å². The maximum atomic E-state index is 11.8. The summed E-state index contributed by atoms with van der Waals surface area (Å²) in [5.74, 6) is 1.72. The third-order valence-electron chi connectivity index (χ3n) is 5.08. The highest BCUT2D eigenvalue weighted by atomic mass is 16.2. The molecule has 2 fully saturated rings. The Morgan fingerprint density at radius 2 is 2.04 bits per heavy atom. The highest BCUT2D eigenvalue weighted by molar-refractivity contribution is 5.73. The number of rotatable bonds is 5. The van der Waals surface area contributed by atoms with Gasteiger partial charge < -0.3 is 20.4 Å². The smallest absolute Gasteiger partial charge is 0.315 e. The molecular weight excluding hydrogens is 302 g/mol. The zero-order valence-corrected chi connectivity index (χ0v) is 14.6. The van der Waals surface area contributed by atoms with Gasteiger partial charge in [-0.1, -0.05) is 12.5 Å². The molecule has 3 rings (SSSR count). The molecule has 6 nitrogen and oxygen atoms in total. The standard InChI is InChI=1S/C18H29N5O/c1-22-8-3-9-23(11-10-22)17-7-6-16(13-19-17)14-21-18(24)20-12-15-4-2-5-15/h6-7,13,15H,2-5,8-12,14H2,1H3,(H2,20,21,24). The van der Waals surface area contributed by atoms with E-state index in [2.05, 4.69) is 44.6 Å². The minimum atomic E-state index is -0.0819. The summed E-state index contributed by atoms with van der Waals surface area (Å²) in [6, 6.07) is 4.04. The van der Waals surface area contributed by atoms with Gasteiger partial charge in [-0.2, -0.15) is 0 Å². The molecule has 132 valence electrons. The first-order chi connectivity index (χ1) is 11.7. The average molecular weight is 331 g/mol. The number of aromatic nitrogens is 1. The van der Waals surface area contributed by atoms with Gasteiger partial charge in [0.1, 0.15) is 5.82 Å². The summed E-state index contributed by atoms with van der Waals surface area (Å²) in [7, 11) is 2.17. The molecule has 0 spiro atoms. The summed E-state index contributed by atoms with van der Waals surface area (Å²) in [4.78, 5) is 21.1. The molecule has 1 aliphatic heterocycles. The Bertz CT molecular complexity index is 529. The van der Waals surface area contributed by atoms with Crippen molar-refractivity contribution in [3.63, 3.8) is 0 Å². The van der Waals surface area contributed by atoms with Crippen molar-refractivity contribution in [3.8, 4) is 0 Å². The SMILES string of the molecule is CN1CCCN(c2ccc(CNC(=O)NCC3CCC3)cn2)CC1. The van der Waals surface area contributed by atoms with Crippen LogP contribution >= 0.6 is 0 Å². The fourth-order valence-electron chi connectivity index (χ4n) is 3.16. The molecule has 1 aliphatic carbocycles. The molecule has 0 aromatic carbocycles. The first-order valence-corrected chi connectivity index (χ1v) is 9.11. The van der Waals surface area contributed by atoms with Gasteiger partial charge in [0.05, 0.1) is 0 Å². The summed E-state index contributed by atoms with van der Waals surface area (Å²) >= 11 is 0. The number of urea groups is 1. The summed E-state index contributed by atoms with van der Waals surface area (Å²) in [6.45, 7) is 5.61. The van der Waals surface area contributed by atoms with E-state index in [0.717, 1.165) is 44.1 Å². The van der Waals surface area contributed by atoms with E-state index in [1.165, 1.54) is 25.7 Å². The summed E-state index contributed by atoms with van der Waals surface area (Å²) in [6.07, 6.45) is 6.84. The van der Waals surface area contributed by atoms with Crippen molar-refractivity contribution in [2.75, 3.05) is 44.7 Å². The lowest BCUT2D eigenvalue weighted by atomic mass is 9.85. The number of likely N-dealkylation sites (N-methyl/N-ethyl adjacent to an activating group) is 1. The van der Waals surface area contributed by atoms with Crippen molar-refractivity contribution < 1.29 is 4.79 Å². The Labute approximate surface area is 144 Å². The first-order valence-electron chi connectivity index (χ1n) is 9.11. The number of nitrogens with one attached hydrogen (secondary N) is 2. The van der Waals surface area contributed by atoms with Crippen molar-refractivity contribution in [2.45, 2.75) is 32.2 Å². The highest BCUT2D eigenvalue weighted by Gasteiger charge is 2.17. The van der Waals surface area contributed by atoms with Gasteiger partial charge in [0.25, 0.3) is 0 Å². The van der Waals surface area contributed by atoms with Crippen LogP contribution in [0.15, 0.2) is 18.3 Å². The monoisotopic (exact) mass is 331 g/mol. The van der Waals surface area contributed by atoms with Gasteiger partial charge in [-0.3, -0.25) is 0 Å². The van der Waals surface area contributed by atoms with Gasteiger partial charge in [-0.25, -0.2) is 9.78 Å². The third kappa shape index (κ3) is 4.84. The zero-order valence-electron chi connectivity index (χ0n) is 14.6. The molecular formula is C18H29N5O. The van der Waals surface area contributed by atoms with Crippen LogP contribution in [0.4, 0.5) is 10.6 Å². The van der Waals surface area contributed by atoms with Gasteiger partial charge in [0.15, 0.2) is 0 Å². The second kappa shape index (κ2) is 8.33. The van der Waals surface area contributed by atoms with E-state index in [1.54, 1.807) is 0 Å². The second-order valence-electron chi connectivity index (χ2n) is 7.03. The van der Waals surface area contributed by atoms with Crippen LogP contribution in [0, 0.1) is 5.92 Å². The Kier molecular flexibility index (Phi) is 5.91. The van der Waals surface area contributed by atoms with Crippen LogP contribution < -0.4 is 15.5 Å². The summed E-state index contributed by atoms with van der Waals surface area (Å²) < 4.78 is 0. The lowest BCUT2D eigenvalue weighted by molar-refractivity contribution is 0.232. The van der Waals surface area contributed by atoms with Crippen LogP contribution in [0.5, 0.6) is 0 Å². The topological polar surface area (TPSA) is 60.5 Å². The molecule has 1 saturated heterocycles. The molecule has 1 aromatic heterocycles. The Morgan fingerprint density at radius 1 is 1.17 bits per heavy atom. The lowest BCUT2D eigenvalue weighted by Gasteiger charge is -2.25. The van der Waals surface area contributed by atoms with Crippen molar-refractivity contribution in [2.24, 2.45) is 5.92 Å². The van der Waals surface area contributed by atoms with E-state index in [9.17, 15) is 4.79 Å². The normalized spacial score (nSPS) is 19.5. The van der Waals surface area contributed by atoms with Gasteiger partial charge in [0, 0.05) is 38.9 Å². The molecule has 2 aliphatic rings. The molecule has 24 heavy (non-hydrogen) atoms. The summed E-state index contributed by atoms with van der Waals surface area (Å²) in [5, 5.41) is 5.85. The molecule has 2 heterocycles. The molecule has 0 bridgehead atoms. The molecule has 0 unspecified atom stereocenters. The predicted octanol–water partition coefficient (Wildman–Crippen LogP) is 1.82. The summed E-state index contributed by atoms with van der Waals surface area (Å²) in [5.41, 5.74) is 1.03. The van der Waals surface area contributed by atoms with Crippen LogP contribution in [-0.2, 0) is 6.54 Å². The lowest BCUT2D eigenvalue weighted by Crippen LogP contribution is -2.39. The number of amides is 2. The fraction of sp³-hybridized carbons (Fsp3) is 0.667. The number of hydrogen-bond donors (Lipinski definition) is 2. The van der Waals surface area contributed by atoms with Crippen molar-refractivity contribution in [1.29, 1.82) is 0 Å². The molecule has 2 amide bonds. The molecule has 0 radical (unpaired) electrons. The molecule has 1 aromatic rings. The number of nitrogens with zero attached hydrogens (tertiary/aromatic N) is 3. The maximum absolute atomic E-state index is 11.8. The number of pyridine rings is 1. The predicted molar refractivity (Wildman–Crippen MR) is 96.1 cm³/mol. The zero-order chi connectivity index (χ0) is 16.8. The van der Waals surface area contributed by atoms with Crippen molar-refractivity contribution in [3.05, 3.63) is 23.9 Å². The molecule has 6 heteroatoms. The first kappa shape index (κ1) is 17.0. The average Bonchev–Trinajstić information content (AvgIpc) is 2.77. The van der Waals surface area contributed by atoms with E-state index in [4.69, 9.17) is 0 Å². The van der Waals surface area contributed by atoms with E-state index in [-0.39, 0.29) is 6.03 Å². The second-order valence-corrected chi connectivity index (χ2v) is 7.03. The van der Waals surface area contributed by atoms with Crippen LogP contribution in [0.25, 0.3) is 0 Å². The Morgan fingerprint density at radius 3 is 2.75 bits per heavy atom. The van der Waals surface area contributed by atoms with E-state index < -0.39 is 0 Å². The number of carbonyl (C=O) groups is 1. The largest absolute Gasteiger partial charge is 0.355 e. The van der Waals surface area contributed by atoms with Crippen molar-refractivity contribution in [1.82, 2.24) is 20.5 Å². The van der Waals surface area contributed by atoms with Crippen LogP contribution in [-0.4, -0.2) is 55.7 Å². The van der Waals surface area contributed by atoms with Gasteiger partial charge >= 0.3 is 6.03 Å². The van der Waals surface area contributed by atoms with Crippen LogP contribution in [0.1, 0.15) is 31.2 Å². The minimum Gasteiger partial charge on any atom is -0.355 e. The quantitative estimate of drug-likeness (QED) is 0.864. The minimum absolute atomic E-state index is 0.0819. The third-order valence-corrected chi connectivity index (χ3v) is 5.08.